The third-order valence-corrected chi connectivity index (χ3v) is 3.87. The highest BCUT2D eigenvalue weighted by Gasteiger charge is 2.30. The Morgan fingerprint density at radius 2 is 1.75 bits per heavy atom. The third kappa shape index (κ3) is 7.04. The zero-order valence-corrected chi connectivity index (χ0v) is 13.7. The molecule has 116 valence electrons. The number of carbonyl (C=O) groups is 1. The van der Waals surface area contributed by atoms with Gasteiger partial charge in [0.15, 0.2) is 5.78 Å². The van der Waals surface area contributed by atoms with Gasteiger partial charge >= 0.3 is 0 Å². The molecule has 1 N–H and O–H groups in total. The minimum absolute atomic E-state index is 0.157. The van der Waals surface area contributed by atoms with Crippen LogP contribution in [0.4, 0.5) is 0 Å². The molecule has 0 bridgehead atoms. The van der Waals surface area contributed by atoms with E-state index in [4.69, 9.17) is 0 Å². The number of hydrogen-bond acceptors (Lipinski definition) is 2. The molecule has 0 aromatic carbocycles. The Labute approximate surface area is 125 Å². The van der Waals surface area contributed by atoms with Gasteiger partial charge < -0.3 is 5.11 Å². The minimum atomic E-state index is -1.17. The molecule has 2 nitrogen and oxygen atoms in total. The van der Waals surface area contributed by atoms with E-state index in [-0.39, 0.29) is 5.78 Å². The van der Waals surface area contributed by atoms with Gasteiger partial charge in [-0.3, -0.25) is 4.79 Å². The summed E-state index contributed by atoms with van der Waals surface area (Å²) >= 11 is 0. The van der Waals surface area contributed by atoms with Crippen LogP contribution in [0.25, 0.3) is 0 Å². The van der Waals surface area contributed by atoms with Crippen LogP contribution in [0.3, 0.4) is 0 Å². The van der Waals surface area contributed by atoms with E-state index in [1.165, 1.54) is 18.4 Å². The van der Waals surface area contributed by atoms with Crippen molar-refractivity contribution in [1.29, 1.82) is 0 Å². The monoisotopic (exact) mass is 280 g/mol. The number of ketones is 1. The van der Waals surface area contributed by atoms with E-state index < -0.39 is 5.60 Å². The minimum Gasteiger partial charge on any atom is -0.382 e. The average Bonchev–Trinajstić information content (AvgIpc) is 2.47. The Balaban J connectivity index is 4.61. The van der Waals surface area contributed by atoms with E-state index in [9.17, 15) is 9.90 Å². The average molecular weight is 280 g/mol. The molecule has 0 radical (unpaired) electrons. The summed E-state index contributed by atoms with van der Waals surface area (Å²) < 4.78 is 0. The summed E-state index contributed by atoms with van der Waals surface area (Å²) in [6.45, 7) is 8.26. The Morgan fingerprint density at radius 3 is 2.25 bits per heavy atom. The summed E-state index contributed by atoms with van der Waals surface area (Å²) in [6.07, 6.45) is 12.8. The number of allylic oxidation sites excluding steroid dienone is 3. The van der Waals surface area contributed by atoms with Gasteiger partial charge in [-0.1, -0.05) is 64.7 Å². The predicted molar refractivity (Wildman–Crippen MR) is 86.8 cm³/mol. The van der Waals surface area contributed by atoms with E-state index in [1.807, 2.05) is 19.1 Å². The molecule has 2 heteroatoms. The number of rotatable bonds is 11. The van der Waals surface area contributed by atoms with Crippen molar-refractivity contribution in [2.75, 3.05) is 0 Å². The van der Waals surface area contributed by atoms with Crippen molar-refractivity contribution in [2.45, 2.75) is 84.7 Å². The Hall–Kier alpha value is -0.890. The normalized spacial score (nSPS) is 15.6. The zero-order chi connectivity index (χ0) is 15.4. The summed E-state index contributed by atoms with van der Waals surface area (Å²) in [5, 5.41) is 10.4. The largest absolute Gasteiger partial charge is 0.382 e. The lowest BCUT2D eigenvalue weighted by Gasteiger charge is -2.23. The van der Waals surface area contributed by atoms with Gasteiger partial charge in [0, 0.05) is 0 Å². The highest BCUT2D eigenvalue weighted by Crippen LogP contribution is 2.20. The van der Waals surface area contributed by atoms with Crippen molar-refractivity contribution in [3.8, 4) is 0 Å². The fourth-order valence-corrected chi connectivity index (χ4v) is 2.15. The molecular formula is C18H32O2. The molecule has 0 saturated carbocycles. The molecule has 0 saturated heterocycles. The molecule has 0 amide bonds. The lowest BCUT2D eigenvalue weighted by atomic mass is 9.89. The van der Waals surface area contributed by atoms with E-state index in [2.05, 4.69) is 20.8 Å². The molecule has 1 unspecified atom stereocenters. The van der Waals surface area contributed by atoms with Crippen LogP contribution in [0, 0.1) is 0 Å². The van der Waals surface area contributed by atoms with Gasteiger partial charge in [0.1, 0.15) is 5.60 Å². The number of unbranched alkanes of at least 4 members (excludes halogenated alkanes) is 2. The molecule has 0 aliphatic carbocycles. The molecule has 0 heterocycles. The lowest BCUT2D eigenvalue weighted by molar-refractivity contribution is -0.133. The van der Waals surface area contributed by atoms with Crippen LogP contribution in [0.2, 0.25) is 0 Å². The molecule has 0 aliphatic rings. The van der Waals surface area contributed by atoms with Crippen molar-refractivity contribution in [2.24, 2.45) is 0 Å². The second kappa shape index (κ2) is 10.8. The van der Waals surface area contributed by atoms with E-state index in [0.29, 0.717) is 12.8 Å². The van der Waals surface area contributed by atoms with Crippen LogP contribution in [-0.2, 0) is 4.79 Å². The summed E-state index contributed by atoms with van der Waals surface area (Å²) in [4.78, 5) is 12.1. The second-order valence-corrected chi connectivity index (χ2v) is 5.49. The van der Waals surface area contributed by atoms with Gasteiger partial charge in [-0.2, -0.15) is 0 Å². The first kappa shape index (κ1) is 19.1. The molecule has 20 heavy (non-hydrogen) atoms. The molecule has 0 aromatic heterocycles. The van der Waals surface area contributed by atoms with Gasteiger partial charge in [-0.15, -0.1) is 0 Å². The second-order valence-electron chi connectivity index (χ2n) is 5.49. The predicted octanol–water partition coefficient (Wildman–Crippen LogP) is 4.97. The van der Waals surface area contributed by atoms with E-state index >= 15 is 0 Å². The molecule has 1 atom stereocenters. The Bertz CT molecular complexity index is 328. The van der Waals surface area contributed by atoms with Gasteiger partial charge in [0.05, 0.1) is 0 Å². The van der Waals surface area contributed by atoms with Gasteiger partial charge in [0.2, 0.25) is 0 Å². The highest BCUT2D eigenvalue weighted by molar-refractivity contribution is 5.96. The maximum atomic E-state index is 12.1. The number of aliphatic hydroxyl groups is 1. The standard InChI is InChI=1S/C18H32O2/c1-5-9-12-16(7-3)13-11-14-17(19)18(20,8-4)15-10-6-2/h11,13-14,20H,5-10,12,15H2,1-4H3/b14-11-,16-13+. The van der Waals surface area contributed by atoms with Crippen LogP contribution >= 0.6 is 0 Å². The van der Waals surface area contributed by atoms with Crippen LogP contribution in [0.1, 0.15) is 79.1 Å². The fourth-order valence-electron chi connectivity index (χ4n) is 2.15. The Morgan fingerprint density at radius 1 is 1.10 bits per heavy atom. The molecule has 0 aliphatic heterocycles. The lowest BCUT2D eigenvalue weighted by Crippen LogP contribution is -2.36. The topological polar surface area (TPSA) is 37.3 Å². The van der Waals surface area contributed by atoms with Crippen molar-refractivity contribution in [1.82, 2.24) is 0 Å². The zero-order valence-electron chi connectivity index (χ0n) is 13.7. The molecule has 0 rings (SSSR count). The van der Waals surface area contributed by atoms with Gasteiger partial charge in [0.25, 0.3) is 0 Å². The first-order valence-electron chi connectivity index (χ1n) is 8.16. The Kier molecular flexibility index (Phi) is 10.4. The summed E-state index contributed by atoms with van der Waals surface area (Å²) in [6, 6.07) is 0. The summed E-state index contributed by atoms with van der Waals surface area (Å²) in [5.74, 6) is -0.157. The molecular weight excluding hydrogens is 248 g/mol. The molecule has 0 aromatic rings. The third-order valence-electron chi connectivity index (χ3n) is 3.87. The van der Waals surface area contributed by atoms with Crippen LogP contribution in [0.15, 0.2) is 23.8 Å². The van der Waals surface area contributed by atoms with Crippen molar-refractivity contribution in [3.05, 3.63) is 23.8 Å². The summed E-state index contributed by atoms with van der Waals surface area (Å²) in [7, 11) is 0. The number of carbonyl (C=O) groups excluding carboxylic acids is 1. The molecule has 0 spiro atoms. The molecule has 0 fully saturated rings. The van der Waals surface area contributed by atoms with Crippen molar-refractivity contribution in [3.63, 3.8) is 0 Å². The van der Waals surface area contributed by atoms with E-state index in [0.717, 1.165) is 25.7 Å². The fraction of sp³-hybridized carbons (Fsp3) is 0.722. The van der Waals surface area contributed by atoms with Crippen molar-refractivity contribution >= 4 is 5.78 Å². The van der Waals surface area contributed by atoms with Crippen molar-refractivity contribution < 1.29 is 9.90 Å². The number of hydrogen-bond donors (Lipinski definition) is 1. The first-order valence-corrected chi connectivity index (χ1v) is 8.16. The highest BCUT2D eigenvalue weighted by atomic mass is 16.3. The maximum absolute atomic E-state index is 12.1. The smallest absolute Gasteiger partial charge is 0.187 e. The first-order chi connectivity index (χ1) is 9.53. The quantitative estimate of drug-likeness (QED) is 0.428. The summed E-state index contributed by atoms with van der Waals surface area (Å²) in [5.41, 5.74) is 0.195. The van der Waals surface area contributed by atoms with Gasteiger partial charge in [-0.25, -0.2) is 0 Å². The van der Waals surface area contributed by atoms with Gasteiger partial charge in [-0.05, 0) is 38.2 Å². The van der Waals surface area contributed by atoms with Crippen LogP contribution in [0.5, 0.6) is 0 Å². The van der Waals surface area contributed by atoms with Crippen LogP contribution in [-0.4, -0.2) is 16.5 Å². The van der Waals surface area contributed by atoms with Crippen LogP contribution < -0.4 is 0 Å². The SMILES string of the molecule is CCCC/C(=C/C=C\C(=O)C(O)(CC)CCCC)CC. The van der Waals surface area contributed by atoms with E-state index in [1.54, 1.807) is 6.08 Å². The maximum Gasteiger partial charge on any atom is 0.187 e.